The van der Waals surface area contributed by atoms with E-state index in [2.05, 4.69) is 71.3 Å². The summed E-state index contributed by atoms with van der Waals surface area (Å²) in [5, 5.41) is 12.7. The molecule has 0 aromatic heterocycles. The molecule has 8 heteroatoms. The van der Waals surface area contributed by atoms with E-state index in [4.69, 9.17) is 0 Å². The maximum Gasteiger partial charge on any atom is 0.416 e. The molecular formula is C31H48F3N5. The lowest BCUT2D eigenvalue weighted by Crippen LogP contribution is -2.49. The Hall–Kier alpha value is -2.84. The van der Waals surface area contributed by atoms with Crippen molar-refractivity contribution in [3.63, 3.8) is 0 Å². The molecular weight excluding hydrogens is 499 g/mol. The van der Waals surface area contributed by atoms with Crippen LogP contribution in [0.15, 0.2) is 70.9 Å². The van der Waals surface area contributed by atoms with Crippen molar-refractivity contribution in [2.45, 2.75) is 78.7 Å². The molecule has 0 amide bonds. The molecule has 39 heavy (non-hydrogen) atoms. The summed E-state index contributed by atoms with van der Waals surface area (Å²) in [4.78, 5) is 4.19. The number of benzene rings is 2. The van der Waals surface area contributed by atoms with Crippen molar-refractivity contribution >= 4 is 5.84 Å². The van der Waals surface area contributed by atoms with Gasteiger partial charge in [-0.2, -0.15) is 13.2 Å². The Morgan fingerprint density at radius 3 is 2.13 bits per heavy atom. The van der Waals surface area contributed by atoms with Crippen molar-refractivity contribution in [2.75, 3.05) is 27.2 Å². The van der Waals surface area contributed by atoms with E-state index < -0.39 is 17.9 Å². The number of aliphatic imine (C=N–C) groups is 1. The number of hydrogen-bond acceptors (Lipinski definition) is 4. The molecule has 2 atom stereocenters. The molecule has 0 radical (unpaired) electrons. The average Bonchev–Trinajstić information content (AvgIpc) is 2.98. The second kappa shape index (κ2) is 18.4. The molecule has 218 valence electrons. The quantitative estimate of drug-likeness (QED) is 0.316. The van der Waals surface area contributed by atoms with E-state index >= 15 is 0 Å². The lowest BCUT2D eigenvalue weighted by molar-refractivity contribution is -0.138. The minimum absolute atomic E-state index is 0.182. The number of alkyl halides is 3. The van der Waals surface area contributed by atoms with Crippen LogP contribution in [0, 0.1) is 0 Å². The summed E-state index contributed by atoms with van der Waals surface area (Å²) in [5.41, 5.74) is 2.84. The van der Waals surface area contributed by atoms with E-state index in [1.165, 1.54) is 37.0 Å². The molecule has 0 fully saturated rings. The fourth-order valence-electron chi connectivity index (χ4n) is 4.13. The molecule has 0 saturated heterocycles. The summed E-state index contributed by atoms with van der Waals surface area (Å²) < 4.78 is 39.6. The predicted octanol–water partition coefficient (Wildman–Crippen LogP) is 7.36. The van der Waals surface area contributed by atoms with Gasteiger partial charge < -0.3 is 21.3 Å². The summed E-state index contributed by atoms with van der Waals surface area (Å²) in [6.45, 7) is 12.0. The topological polar surface area (TPSA) is 60.5 Å². The van der Waals surface area contributed by atoms with Crippen molar-refractivity contribution in [3.05, 3.63) is 82.6 Å². The maximum atomic E-state index is 13.2. The van der Waals surface area contributed by atoms with Gasteiger partial charge in [0.15, 0.2) is 0 Å². The normalized spacial score (nSPS) is 18.0. The molecule has 0 bridgehead atoms. The van der Waals surface area contributed by atoms with Crippen LogP contribution in [-0.4, -0.2) is 33.0 Å². The Balaban J connectivity index is 0.000000371. The third-order valence-corrected chi connectivity index (χ3v) is 6.34. The van der Waals surface area contributed by atoms with Gasteiger partial charge in [0.1, 0.15) is 12.0 Å². The SMILES string of the molecule is CC.CCCCC.CN=C1NC(c2ccccc2C(F)(F)F)NC2=C1CNCC2.CNC(C)c1ccccc1. The van der Waals surface area contributed by atoms with Gasteiger partial charge >= 0.3 is 6.18 Å². The van der Waals surface area contributed by atoms with Crippen LogP contribution < -0.4 is 21.3 Å². The number of nitrogens with one attached hydrogen (secondary N) is 4. The molecule has 2 aliphatic rings. The van der Waals surface area contributed by atoms with Gasteiger partial charge in [0.25, 0.3) is 0 Å². The van der Waals surface area contributed by atoms with Gasteiger partial charge in [-0.25, -0.2) is 0 Å². The Labute approximate surface area is 233 Å². The van der Waals surface area contributed by atoms with E-state index in [9.17, 15) is 13.2 Å². The molecule has 4 N–H and O–H groups in total. The number of halogens is 3. The fourth-order valence-corrected chi connectivity index (χ4v) is 4.13. The van der Waals surface area contributed by atoms with Gasteiger partial charge in [-0.3, -0.25) is 4.99 Å². The molecule has 2 aromatic carbocycles. The lowest BCUT2D eigenvalue weighted by atomic mass is 9.98. The number of amidine groups is 1. The van der Waals surface area contributed by atoms with Crippen LogP contribution in [0.5, 0.6) is 0 Å². The third-order valence-electron chi connectivity index (χ3n) is 6.34. The van der Waals surface area contributed by atoms with Crippen LogP contribution in [0.3, 0.4) is 0 Å². The van der Waals surface area contributed by atoms with Crippen molar-refractivity contribution < 1.29 is 13.2 Å². The van der Waals surface area contributed by atoms with Crippen LogP contribution in [0.1, 0.15) is 89.2 Å². The summed E-state index contributed by atoms with van der Waals surface area (Å²) in [7, 11) is 3.61. The largest absolute Gasteiger partial charge is 0.416 e. The van der Waals surface area contributed by atoms with Gasteiger partial charge in [-0.05, 0) is 25.6 Å². The minimum atomic E-state index is -4.38. The first-order valence-electron chi connectivity index (χ1n) is 14.1. The summed E-state index contributed by atoms with van der Waals surface area (Å²) in [5.74, 6) is 0.642. The fraction of sp³-hybridized carbons (Fsp3) is 0.516. The molecule has 0 saturated carbocycles. The van der Waals surface area contributed by atoms with Crippen LogP contribution >= 0.6 is 0 Å². The molecule has 0 aliphatic carbocycles. The first-order valence-corrected chi connectivity index (χ1v) is 14.1. The smallest absolute Gasteiger partial charge is 0.365 e. The van der Waals surface area contributed by atoms with E-state index in [-0.39, 0.29) is 5.56 Å². The van der Waals surface area contributed by atoms with Crippen molar-refractivity contribution in [1.82, 2.24) is 21.3 Å². The zero-order chi connectivity index (χ0) is 29.3. The van der Waals surface area contributed by atoms with Gasteiger partial charge in [0.2, 0.25) is 0 Å². The van der Waals surface area contributed by atoms with Crippen LogP contribution in [0.2, 0.25) is 0 Å². The number of nitrogens with zero attached hydrogens (tertiary/aromatic N) is 1. The summed E-state index contributed by atoms with van der Waals surface area (Å²) in [6.07, 6.45) is -0.187. The van der Waals surface area contributed by atoms with Crippen LogP contribution in [0.25, 0.3) is 0 Å². The molecule has 2 heterocycles. The second-order valence-corrected chi connectivity index (χ2v) is 9.04. The molecule has 0 spiro atoms. The van der Waals surface area contributed by atoms with E-state index in [1.807, 2.05) is 27.0 Å². The van der Waals surface area contributed by atoms with Gasteiger partial charge in [-0.15, -0.1) is 0 Å². The number of rotatable bonds is 5. The highest BCUT2D eigenvalue weighted by Crippen LogP contribution is 2.35. The Bertz CT molecular complexity index is 1000. The Morgan fingerprint density at radius 2 is 1.59 bits per heavy atom. The zero-order valence-electron chi connectivity index (χ0n) is 24.7. The molecule has 5 nitrogen and oxygen atoms in total. The second-order valence-electron chi connectivity index (χ2n) is 9.04. The van der Waals surface area contributed by atoms with E-state index in [0.29, 0.717) is 18.4 Å². The highest BCUT2D eigenvalue weighted by atomic mass is 19.4. The first-order chi connectivity index (χ1) is 18.8. The standard InChI is InChI=1S/C15H17F3N4.C9H13N.C5H12.C2H6/c1-19-13-10-8-20-7-6-12(10)21-14(22-13)9-4-2-3-5-11(9)15(16,17)18;1-8(10-2)9-6-4-3-5-7-9;1-3-5-4-2;1-2/h2-5,14,20-21H,6-8H2,1H3,(H,19,22);3-8,10H,1-2H3;3-5H2,1-2H3;1-2H3. The van der Waals surface area contributed by atoms with E-state index in [1.54, 1.807) is 13.1 Å². The average molecular weight is 548 g/mol. The minimum Gasteiger partial charge on any atom is -0.365 e. The molecule has 2 aliphatic heterocycles. The van der Waals surface area contributed by atoms with Crippen molar-refractivity contribution in [3.8, 4) is 0 Å². The van der Waals surface area contributed by atoms with Crippen molar-refractivity contribution in [2.24, 2.45) is 4.99 Å². The summed E-state index contributed by atoms with van der Waals surface area (Å²) in [6, 6.07) is 16.5. The van der Waals surface area contributed by atoms with E-state index in [0.717, 1.165) is 30.3 Å². The first kappa shape index (κ1) is 34.2. The molecule has 4 rings (SSSR count). The lowest BCUT2D eigenvalue weighted by Gasteiger charge is -2.36. The zero-order valence-corrected chi connectivity index (χ0v) is 24.7. The summed E-state index contributed by atoms with van der Waals surface area (Å²) >= 11 is 0. The third kappa shape index (κ3) is 11.0. The van der Waals surface area contributed by atoms with Crippen molar-refractivity contribution in [1.29, 1.82) is 0 Å². The highest BCUT2D eigenvalue weighted by Gasteiger charge is 2.37. The van der Waals surface area contributed by atoms with Gasteiger partial charge in [0, 0.05) is 49.4 Å². The number of unbranched alkanes of at least 4 members (excludes halogenated alkanes) is 2. The Kier molecular flexibility index (Phi) is 16.2. The molecule has 2 aromatic rings. The monoisotopic (exact) mass is 547 g/mol. The number of hydrogen-bond donors (Lipinski definition) is 4. The Morgan fingerprint density at radius 1 is 0.974 bits per heavy atom. The van der Waals surface area contributed by atoms with Gasteiger partial charge in [-0.1, -0.05) is 95.5 Å². The van der Waals surface area contributed by atoms with Crippen LogP contribution in [-0.2, 0) is 6.18 Å². The molecule has 2 unspecified atom stereocenters. The maximum absolute atomic E-state index is 13.2. The van der Waals surface area contributed by atoms with Crippen LogP contribution in [0.4, 0.5) is 13.2 Å². The highest BCUT2D eigenvalue weighted by molar-refractivity contribution is 6.00. The predicted molar refractivity (Wildman–Crippen MR) is 159 cm³/mol. The van der Waals surface area contributed by atoms with Gasteiger partial charge in [0.05, 0.1) is 5.56 Å².